The Hall–Kier alpha value is -1.55. The number of piperazine rings is 1. The van der Waals surface area contributed by atoms with E-state index in [-0.39, 0.29) is 11.9 Å². The maximum atomic E-state index is 11.9. The van der Waals surface area contributed by atoms with Crippen LogP contribution in [-0.4, -0.2) is 43.5 Å². The zero-order valence-corrected chi connectivity index (χ0v) is 9.23. The van der Waals surface area contributed by atoms with Gasteiger partial charge in [0.2, 0.25) is 5.91 Å². The zero-order valence-electron chi connectivity index (χ0n) is 9.23. The van der Waals surface area contributed by atoms with E-state index in [0.29, 0.717) is 0 Å². The van der Waals surface area contributed by atoms with Gasteiger partial charge < -0.3 is 15.1 Å². The lowest BCUT2D eigenvalue weighted by Gasteiger charge is -2.43. The number of likely N-dealkylation sites (N-methyl/N-ethyl adjacent to an activating group) is 1. The number of anilines is 2. The van der Waals surface area contributed by atoms with Crippen LogP contribution >= 0.6 is 0 Å². The Morgan fingerprint density at radius 1 is 1.50 bits per heavy atom. The Labute approximate surface area is 94.8 Å². The molecule has 1 atom stereocenters. The molecule has 1 radical (unpaired) electrons. The second kappa shape index (κ2) is 3.49. The molecule has 0 saturated carbocycles. The summed E-state index contributed by atoms with van der Waals surface area (Å²) in [5, 5.41) is 2.94. The van der Waals surface area contributed by atoms with Crippen molar-refractivity contribution in [3.63, 3.8) is 0 Å². The van der Waals surface area contributed by atoms with Gasteiger partial charge >= 0.3 is 0 Å². The standard InChI is InChI=1S/C12H14N3O/c1-14-6-7-15-10-5-3-2-4-9(10)13-12(16)11(15)8-14/h3-5,11H,6-8H2,1H3,(H,13,16). The average Bonchev–Trinajstić information content (AvgIpc) is 2.29. The van der Waals surface area contributed by atoms with Crippen molar-refractivity contribution in [3.8, 4) is 0 Å². The van der Waals surface area contributed by atoms with Crippen LogP contribution in [0.15, 0.2) is 18.2 Å². The molecule has 0 aliphatic carbocycles. The highest BCUT2D eigenvalue weighted by molar-refractivity contribution is 6.03. The maximum absolute atomic E-state index is 11.9. The summed E-state index contributed by atoms with van der Waals surface area (Å²) in [6.07, 6.45) is 0. The first-order valence-corrected chi connectivity index (χ1v) is 5.52. The van der Waals surface area contributed by atoms with Crippen molar-refractivity contribution in [3.05, 3.63) is 24.3 Å². The Bertz CT molecular complexity index is 432. The molecule has 3 rings (SSSR count). The van der Waals surface area contributed by atoms with Crippen LogP contribution in [0.4, 0.5) is 11.4 Å². The number of benzene rings is 1. The average molecular weight is 216 g/mol. The molecule has 2 aliphatic heterocycles. The number of rotatable bonds is 0. The summed E-state index contributed by atoms with van der Waals surface area (Å²) in [7, 11) is 2.05. The highest BCUT2D eigenvalue weighted by Gasteiger charge is 2.35. The lowest BCUT2D eigenvalue weighted by atomic mass is 10.1. The minimum atomic E-state index is -0.0475. The Morgan fingerprint density at radius 2 is 2.38 bits per heavy atom. The van der Waals surface area contributed by atoms with E-state index >= 15 is 0 Å². The quantitative estimate of drug-likeness (QED) is 0.688. The van der Waals surface area contributed by atoms with E-state index in [0.717, 1.165) is 31.0 Å². The van der Waals surface area contributed by atoms with Crippen LogP contribution in [0, 0.1) is 6.07 Å². The fourth-order valence-electron chi connectivity index (χ4n) is 2.42. The molecule has 0 spiro atoms. The molecule has 1 aromatic carbocycles. The first-order chi connectivity index (χ1) is 7.75. The van der Waals surface area contributed by atoms with Gasteiger partial charge in [0.1, 0.15) is 6.04 Å². The summed E-state index contributed by atoms with van der Waals surface area (Å²) in [6, 6.07) is 8.70. The molecular formula is C12H14N3O. The van der Waals surface area contributed by atoms with Crippen LogP contribution in [0.1, 0.15) is 0 Å². The van der Waals surface area contributed by atoms with Gasteiger partial charge in [-0.25, -0.2) is 0 Å². The molecule has 1 aromatic rings. The fraction of sp³-hybridized carbons (Fsp3) is 0.417. The molecule has 1 N–H and O–H groups in total. The largest absolute Gasteiger partial charge is 0.355 e. The Balaban J connectivity index is 2.01. The number of fused-ring (bicyclic) bond motifs is 3. The summed E-state index contributed by atoms with van der Waals surface area (Å²) in [5.41, 5.74) is 2.00. The number of carbonyl (C=O) groups excluding carboxylic acids is 1. The van der Waals surface area contributed by atoms with Crippen molar-refractivity contribution in [1.29, 1.82) is 0 Å². The van der Waals surface area contributed by atoms with Gasteiger partial charge in [0.25, 0.3) is 0 Å². The molecule has 2 aliphatic rings. The molecule has 2 heterocycles. The normalized spacial score (nSPS) is 24.7. The van der Waals surface area contributed by atoms with E-state index in [4.69, 9.17) is 0 Å². The van der Waals surface area contributed by atoms with Crippen molar-refractivity contribution >= 4 is 17.3 Å². The Morgan fingerprint density at radius 3 is 3.25 bits per heavy atom. The molecule has 1 fully saturated rings. The predicted molar refractivity (Wildman–Crippen MR) is 62.5 cm³/mol. The number of nitrogens with one attached hydrogen (secondary N) is 1. The molecule has 4 heteroatoms. The molecule has 1 unspecified atom stereocenters. The van der Waals surface area contributed by atoms with Crippen molar-refractivity contribution in [2.75, 3.05) is 36.9 Å². The third-order valence-electron chi connectivity index (χ3n) is 3.29. The van der Waals surface area contributed by atoms with Crippen molar-refractivity contribution in [2.45, 2.75) is 6.04 Å². The van der Waals surface area contributed by atoms with Crippen LogP contribution in [0.25, 0.3) is 0 Å². The molecule has 4 nitrogen and oxygen atoms in total. The number of carbonyl (C=O) groups is 1. The predicted octanol–water partition coefficient (Wildman–Crippen LogP) is 0.559. The van der Waals surface area contributed by atoms with Crippen molar-refractivity contribution < 1.29 is 4.79 Å². The van der Waals surface area contributed by atoms with Crippen LogP contribution in [-0.2, 0) is 4.79 Å². The summed E-state index contributed by atoms with van der Waals surface area (Å²) < 4.78 is 0. The first kappa shape index (κ1) is 9.66. The van der Waals surface area contributed by atoms with Gasteiger partial charge in [0.05, 0.1) is 11.4 Å². The van der Waals surface area contributed by atoms with Crippen LogP contribution in [0.3, 0.4) is 0 Å². The summed E-state index contributed by atoms with van der Waals surface area (Å²) in [5.74, 6) is 0.0960. The lowest BCUT2D eigenvalue weighted by molar-refractivity contribution is -0.118. The van der Waals surface area contributed by atoms with Gasteiger partial charge in [-0.15, -0.1) is 0 Å². The first-order valence-electron chi connectivity index (χ1n) is 5.52. The van der Waals surface area contributed by atoms with Gasteiger partial charge in [0.15, 0.2) is 0 Å². The smallest absolute Gasteiger partial charge is 0.248 e. The van der Waals surface area contributed by atoms with E-state index in [1.54, 1.807) is 0 Å². The minimum absolute atomic E-state index is 0.0475. The third kappa shape index (κ3) is 1.38. The maximum Gasteiger partial charge on any atom is 0.248 e. The molecule has 83 valence electrons. The van der Waals surface area contributed by atoms with E-state index in [9.17, 15) is 4.79 Å². The van der Waals surface area contributed by atoms with Gasteiger partial charge in [-0.1, -0.05) is 6.07 Å². The summed E-state index contributed by atoms with van der Waals surface area (Å²) in [6.45, 7) is 2.71. The highest BCUT2D eigenvalue weighted by atomic mass is 16.2. The molecule has 0 bridgehead atoms. The third-order valence-corrected chi connectivity index (χ3v) is 3.29. The molecule has 16 heavy (non-hydrogen) atoms. The topological polar surface area (TPSA) is 35.6 Å². The van der Waals surface area contributed by atoms with Gasteiger partial charge in [-0.3, -0.25) is 4.79 Å². The Kier molecular flexibility index (Phi) is 2.11. The molecule has 1 saturated heterocycles. The lowest BCUT2D eigenvalue weighted by Crippen LogP contribution is -2.59. The van der Waals surface area contributed by atoms with E-state index in [2.05, 4.69) is 28.2 Å². The number of amides is 1. The molecule has 1 amide bonds. The van der Waals surface area contributed by atoms with Gasteiger partial charge in [-0.05, 0) is 25.2 Å². The minimum Gasteiger partial charge on any atom is -0.355 e. The monoisotopic (exact) mass is 216 g/mol. The second-order valence-corrected chi connectivity index (χ2v) is 4.40. The molecular weight excluding hydrogens is 202 g/mol. The van der Waals surface area contributed by atoms with E-state index in [1.165, 1.54) is 0 Å². The van der Waals surface area contributed by atoms with Crippen molar-refractivity contribution in [2.24, 2.45) is 0 Å². The van der Waals surface area contributed by atoms with E-state index < -0.39 is 0 Å². The SMILES string of the molecule is CN1CCN2c3cc[c]cc3NC(=O)C2C1. The van der Waals surface area contributed by atoms with Crippen molar-refractivity contribution in [1.82, 2.24) is 4.90 Å². The van der Waals surface area contributed by atoms with Gasteiger partial charge in [0, 0.05) is 19.6 Å². The summed E-state index contributed by atoms with van der Waals surface area (Å²) in [4.78, 5) is 16.3. The van der Waals surface area contributed by atoms with Crippen LogP contribution < -0.4 is 10.2 Å². The fourth-order valence-corrected chi connectivity index (χ4v) is 2.42. The second-order valence-electron chi connectivity index (χ2n) is 4.40. The number of hydrogen-bond donors (Lipinski definition) is 1. The zero-order chi connectivity index (χ0) is 11.1. The number of nitrogens with zero attached hydrogens (tertiary/aromatic N) is 2. The molecule has 0 aromatic heterocycles. The van der Waals surface area contributed by atoms with Crippen LogP contribution in [0.2, 0.25) is 0 Å². The van der Waals surface area contributed by atoms with Gasteiger partial charge in [-0.2, -0.15) is 0 Å². The van der Waals surface area contributed by atoms with Crippen LogP contribution in [0.5, 0.6) is 0 Å². The summed E-state index contributed by atoms with van der Waals surface area (Å²) >= 11 is 0. The van der Waals surface area contributed by atoms with E-state index in [1.807, 2.05) is 18.2 Å². The number of hydrogen-bond acceptors (Lipinski definition) is 3. The highest BCUT2D eigenvalue weighted by Crippen LogP contribution is 2.32.